The number of nitrogens with one attached hydrogen (secondary N) is 1. The Hall–Kier alpha value is -1.17. The van der Waals surface area contributed by atoms with Gasteiger partial charge in [0.25, 0.3) is 0 Å². The van der Waals surface area contributed by atoms with E-state index in [-0.39, 0.29) is 0 Å². The molecule has 0 aliphatic heterocycles. The maximum atomic E-state index is 6.03. The predicted molar refractivity (Wildman–Crippen MR) is 87.9 cm³/mol. The molecule has 0 radical (unpaired) electrons. The van der Waals surface area contributed by atoms with Crippen molar-refractivity contribution < 1.29 is 4.74 Å². The van der Waals surface area contributed by atoms with Crippen LogP contribution < -0.4 is 10.1 Å². The molecule has 1 N–H and O–H groups in total. The molecule has 0 bridgehead atoms. The first-order chi connectivity index (χ1) is 10.2. The second-order valence-electron chi connectivity index (χ2n) is 4.17. The summed E-state index contributed by atoms with van der Waals surface area (Å²) in [6.45, 7) is 2.91. The van der Waals surface area contributed by atoms with Gasteiger partial charge in [0.2, 0.25) is 0 Å². The van der Waals surface area contributed by atoms with Crippen LogP contribution in [0.5, 0.6) is 5.75 Å². The monoisotopic (exact) mass is 343 g/mol. The van der Waals surface area contributed by atoms with Crippen molar-refractivity contribution in [1.29, 1.82) is 0 Å². The molecule has 1 aromatic carbocycles. The first-order valence-electron chi connectivity index (χ1n) is 6.41. The molecule has 0 unspecified atom stereocenters. The number of rotatable bonds is 6. The highest BCUT2D eigenvalue weighted by molar-refractivity contribution is 7.99. The van der Waals surface area contributed by atoms with Gasteiger partial charge < -0.3 is 10.1 Å². The van der Waals surface area contributed by atoms with Gasteiger partial charge in [-0.2, -0.15) is 0 Å². The first-order valence-corrected chi connectivity index (χ1v) is 7.98. The molecule has 0 amide bonds. The molecule has 0 atom stereocenters. The van der Waals surface area contributed by atoms with Crippen molar-refractivity contribution >= 4 is 40.8 Å². The molecular formula is C14H15Cl2N3OS. The van der Waals surface area contributed by atoms with E-state index in [2.05, 4.69) is 22.2 Å². The van der Waals surface area contributed by atoms with Gasteiger partial charge in [-0.25, -0.2) is 9.97 Å². The van der Waals surface area contributed by atoms with Crippen LogP contribution in [0.15, 0.2) is 34.4 Å². The van der Waals surface area contributed by atoms with Crippen LogP contribution in [0.2, 0.25) is 10.0 Å². The van der Waals surface area contributed by atoms with Crippen LogP contribution >= 0.6 is 35.0 Å². The molecule has 0 fully saturated rings. The molecule has 0 saturated heterocycles. The Kier molecular flexibility index (Phi) is 5.96. The molecule has 1 heterocycles. The summed E-state index contributed by atoms with van der Waals surface area (Å²) >= 11 is 13.4. The van der Waals surface area contributed by atoms with Gasteiger partial charge in [0.1, 0.15) is 11.4 Å². The fourth-order valence-corrected chi connectivity index (χ4v) is 2.91. The van der Waals surface area contributed by atoms with E-state index in [1.807, 2.05) is 6.07 Å². The normalized spacial score (nSPS) is 10.5. The van der Waals surface area contributed by atoms with Gasteiger partial charge in [-0.3, -0.25) is 0 Å². The number of halogens is 2. The summed E-state index contributed by atoms with van der Waals surface area (Å²) in [5.41, 5.74) is 0. The second kappa shape index (κ2) is 7.73. The lowest BCUT2D eigenvalue weighted by Crippen LogP contribution is -2.05. The van der Waals surface area contributed by atoms with Crippen LogP contribution in [0, 0.1) is 0 Å². The highest BCUT2D eigenvalue weighted by atomic mass is 35.5. The van der Waals surface area contributed by atoms with E-state index in [1.54, 1.807) is 19.2 Å². The molecule has 0 aliphatic rings. The number of hydrogen-bond donors (Lipinski definition) is 1. The average Bonchev–Trinajstić information content (AvgIpc) is 2.49. The fourth-order valence-electron chi connectivity index (χ4n) is 1.64. The Morgan fingerprint density at radius 3 is 2.71 bits per heavy atom. The molecule has 4 nitrogen and oxygen atoms in total. The van der Waals surface area contributed by atoms with Crippen LogP contribution in [0.3, 0.4) is 0 Å². The SMILES string of the molecule is CCCNc1ncnc(Sc2ccc(Cl)c(Cl)c2)c1OC. The molecule has 21 heavy (non-hydrogen) atoms. The summed E-state index contributed by atoms with van der Waals surface area (Å²) in [4.78, 5) is 9.42. The van der Waals surface area contributed by atoms with E-state index in [0.717, 1.165) is 22.9 Å². The molecule has 0 saturated carbocycles. The van der Waals surface area contributed by atoms with Gasteiger partial charge in [0.05, 0.1) is 17.2 Å². The Labute approximate surface area is 138 Å². The highest BCUT2D eigenvalue weighted by Crippen LogP contribution is 2.38. The van der Waals surface area contributed by atoms with E-state index >= 15 is 0 Å². The van der Waals surface area contributed by atoms with Gasteiger partial charge in [-0.1, -0.05) is 41.9 Å². The van der Waals surface area contributed by atoms with E-state index in [1.165, 1.54) is 18.1 Å². The number of hydrogen-bond acceptors (Lipinski definition) is 5. The molecular weight excluding hydrogens is 329 g/mol. The molecule has 112 valence electrons. The number of methoxy groups -OCH3 is 1. The van der Waals surface area contributed by atoms with Gasteiger partial charge in [0, 0.05) is 11.4 Å². The minimum atomic E-state index is 0.513. The summed E-state index contributed by atoms with van der Waals surface area (Å²) in [6, 6.07) is 5.45. The third-order valence-corrected chi connectivity index (χ3v) is 4.34. The zero-order chi connectivity index (χ0) is 15.2. The zero-order valence-electron chi connectivity index (χ0n) is 11.7. The standard InChI is InChI=1S/C14H15Cl2N3OS/c1-3-6-17-13-12(20-2)14(19-8-18-13)21-9-4-5-10(15)11(16)7-9/h4-5,7-8H,3,6H2,1-2H3,(H,17,18,19). The maximum absolute atomic E-state index is 6.03. The third-order valence-electron chi connectivity index (χ3n) is 2.62. The fraction of sp³-hybridized carbons (Fsp3) is 0.286. The molecule has 2 aromatic rings. The van der Waals surface area contributed by atoms with Crippen molar-refractivity contribution in [2.45, 2.75) is 23.3 Å². The zero-order valence-corrected chi connectivity index (χ0v) is 14.0. The van der Waals surface area contributed by atoms with Crippen LogP contribution in [-0.2, 0) is 0 Å². The average molecular weight is 344 g/mol. The number of benzene rings is 1. The summed E-state index contributed by atoms with van der Waals surface area (Å²) in [5.74, 6) is 1.32. The van der Waals surface area contributed by atoms with Gasteiger partial charge in [-0.15, -0.1) is 0 Å². The van der Waals surface area contributed by atoms with Crippen LogP contribution in [0.4, 0.5) is 5.82 Å². The van der Waals surface area contributed by atoms with Crippen LogP contribution in [0.1, 0.15) is 13.3 Å². The Balaban J connectivity index is 2.28. The topological polar surface area (TPSA) is 47.0 Å². The third kappa shape index (κ3) is 4.15. The lowest BCUT2D eigenvalue weighted by atomic mass is 10.4. The Morgan fingerprint density at radius 2 is 2.05 bits per heavy atom. The minimum Gasteiger partial charge on any atom is -0.490 e. The Bertz CT molecular complexity index is 625. The number of ether oxygens (including phenoxy) is 1. The number of nitrogens with zero attached hydrogens (tertiary/aromatic N) is 2. The first kappa shape index (κ1) is 16.2. The number of anilines is 1. The van der Waals surface area contributed by atoms with Crippen molar-refractivity contribution in [1.82, 2.24) is 9.97 Å². The van der Waals surface area contributed by atoms with Crippen LogP contribution in [-0.4, -0.2) is 23.6 Å². The van der Waals surface area contributed by atoms with E-state index in [0.29, 0.717) is 21.6 Å². The number of aromatic nitrogens is 2. The summed E-state index contributed by atoms with van der Waals surface area (Å²) in [5, 5.41) is 4.99. The van der Waals surface area contributed by atoms with Gasteiger partial charge >= 0.3 is 0 Å². The van der Waals surface area contributed by atoms with E-state index in [9.17, 15) is 0 Å². The van der Waals surface area contributed by atoms with Crippen molar-refractivity contribution in [3.8, 4) is 5.75 Å². The smallest absolute Gasteiger partial charge is 0.194 e. The summed E-state index contributed by atoms with van der Waals surface area (Å²) in [6.07, 6.45) is 2.52. The second-order valence-corrected chi connectivity index (χ2v) is 6.04. The lowest BCUT2D eigenvalue weighted by molar-refractivity contribution is 0.400. The van der Waals surface area contributed by atoms with Gasteiger partial charge in [-0.05, 0) is 24.6 Å². The van der Waals surface area contributed by atoms with Gasteiger partial charge in [0.15, 0.2) is 11.6 Å². The molecule has 1 aromatic heterocycles. The predicted octanol–water partition coefficient (Wildman–Crippen LogP) is 4.77. The van der Waals surface area contributed by atoms with E-state index < -0.39 is 0 Å². The highest BCUT2D eigenvalue weighted by Gasteiger charge is 2.13. The molecule has 0 spiro atoms. The van der Waals surface area contributed by atoms with Crippen molar-refractivity contribution in [3.63, 3.8) is 0 Å². The van der Waals surface area contributed by atoms with E-state index in [4.69, 9.17) is 27.9 Å². The van der Waals surface area contributed by atoms with Crippen LogP contribution in [0.25, 0.3) is 0 Å². The largest absolute Gasteiger partial charge is 0.490 e. The minimum absolute atomic E-state index is 0.513. The lowest BCUT2D eigenvalue weighted by Gasteiger charge is -2.12. The van der Waals surface area contributed by atoms with Crippen molar-refractivity contribution in [3.05, 3.63) is 34.6 Å². The molecule has 7 heteroatoms. The Morgan fingerprint density at radius 1 is 1.24 bits per heavy atom. The van der Waals surface area contributed by atoms with Crippen molar-refractivity contribution in [2.75, 3.05) is 19.0 Å². The molecule has 2 rings (SSSR count). The summed E-state index contributed by atoms with van der Waals surface area (Å²) < 4.78 is 5.43. The van der Waals surface area contributed by atoms with Crippen molar-refractivity contribution in [2.24, 2.45) is 0 Å². The maximum Gasteiger partial charge on any atom is 0.194 e. The quantitative estimate of drug-likeness (QED) is 0.765. The molecule has 0 aliphatic carbocycles. The summed E-state index contributed by atoms with van der Waals surface area (Å²) in [7, 11) is 1.61.